The highest BCUT2D eigenvalue weighted by atomic mass is 35.5. The van der Waals surface area contributed by atoms with Crippen LogP contribution in [0.4, 0.5) is 0 Å². The molecule has 0 aliphatic carbocycles. The molecular formula is C11H15ClN3O3P. The van der Waals surface area contributed by atoms with Gasteiger partial charge in [-0.05, 0) is 37.1 Å². The molecule has 19 heavy (non-hydrogen) atoms. The number of nitrogens with zero attached hydrogens (tertiary/aromatic N) is 3. The van der Waals surface area contributed by atoms with Crippen molar-refractivity contribution < 1.29 is 13.6 Å². The van der Waals surface area contributed by atoms with E-state index in [0.29, 0.717) is 10.6 Å². The summed E-state index contributed by atoms with van der Waals surface area (Å²) >= 11 is 5.80. The number of hydrogen-bond donors (Lipinski definition) is 0. The van der Waals surface area contributed by atoms with Crippen molar-refractivity contribution in [3.05, 3.63) is 45.3 Å². The molecule has 0 saturated carbocycles. The second-order valence-electron chi connectivity index (χ2n) is 3.51. The zero-order chi connectivity index (χ0) is 14.3. The first-order chi connectivity index (χ1) is 9.07. The summed E-state index contributed by atoms with van der Waals surface area (Å²) in [6, 6.07) is 6.51. The highest BCUT2D eigenvalue weighted by Gasteiger charge is 2.36. The Kier molecular flexibility index (Phi) is 6.35. The number of rotatable bonds is 7. The van der Waals surface area contributed by atoms with E-state index in [1.54, 1.807) is 38.1 Å². The van der Waals surface area contributed by atoms with Crippen LogP contribution in [0.15, 0.2) is 29.4 Å². The van der Waals surface area contributed by atoms with E-state index in [-0.39, 0.29) is 13.2 Å². The maximum absolute atomic E-state index is 12.6. The summed E-state index contributed by atoms with van der Waals surface area (Å²) in [5.74, 6) is -1.02. The van der Waals surface area contributed by atoms with Gasteiger partial charge in [0, 0.05) is 9.93 Å². The zero-order valence-corrected chi connectivity index (χ0v) is 12.3. The van der Waals surface area contributed by atoms with E-state index >= 15 is 0 Å². The van der Waals surface area contributed by atoms with E-state index in [9.17, 15) is 4.57 Å². The fourth-order valence-electron chi connectivity index (χ4n) is 1.53. The molecule has 1 aromatic carbocycles. The van der Waals surface area contributed by atoms with Crippen molar-refractivity contribution in [1.29, 1.82) is 0 Å². The summed E-state index contributed by atoms with van der Waals surface area (Å²) in [6.07, 6.45) is 0. The molecule has 1 atom stereocenters. The van der Waals surface area contributed by atoms with Crippen molar-refractivity contribution in [2.24, 2.45) is 5.11 Å². The normalized spacial score (nSPS) is 12.8. The Hall–Kier alpha value is -1.03. The van der Waals surface area contributed by atoms with Crippen LogP contribution in [0.3, 0.4) is 0 Å². The molecule has 0 N–H and O–H groups in total. The highest BCUT2D eigenvalue weighted by Crippen LogP contribution is 2.61. The van der Waals surface area contributed by atoms with Crippen LogP contribution >= 0.6 is 19.2 Å². The third kappa shape index (κ3) is 4.23. The summed E-state index contributed by atoms with van der Waals surface area (Å²) in [7, 11) is -3.55. The van der Waals surface area contributed by atoms with E-state index < -0.39 is 13.4 Å². The Morgan fingerprint density at radius 1 is 1.32 bits per heavy atom. The molecule has 6 nitrogen and oxygen atoms in total. The molecule has 0 heterocycles. The molecule has 0 fully saturated rings. The summed E-state index contributed by atoms with van der Waals surface area (Å²) < 4.78 is 23.1. The van der Waals surface area contributed by atoms with Gasteiger partial charge in [0.15, 0.2) is 5.78 Å². The monoisotopic (exact) mass is 303 g/mol. The quantitative estimate of drug-likeness (QED) is 0.310. The summed E-state index contributed by atoms with van der Waals surface area (Å²) in [6.45, 7) is 3.78. The minimum atomic E-state index is -3.55. The molecule has 0 amide bonds. The Balaban J connectivity index is 3.20. The third-order valence-corrected chi connectivity index (χ3v) is 4.74. The molecular weight excluding hydrogens is 289 g/mol. The van der Waals surface area contributed by atoms with Gasteiger partial charge >= 0.3 is 7.60 Å². The van der Waals surface area contributed by atoms with E-state index in [2.05, 4.69) is 10.0 Å². The molecule has 0 aliphatic rings. The second kappa shape index (κ2) is 7.53. The molecule has 104 valence electrons. The topological polar surface area (TPSA) is 84.3 Å². The second-order valence-corrected chi connectivity index (χ2v) is 6.03. The Morgan fingerprint density at radius 2 is 1.84 bits per heavy atom. The lowest BCUT2D eigenvalue weighted by atomic mass is 10.2. The largest absolute Gasteiger partial charge is 0.344 e. The predicted molar refractivity (Wildman–Crippen MR) is 74.2 cm³/mol. The van der Waals surface area contributed by atoms with E-state index in [4.69, 9.17) is 26.2 Å². The van der Waals surface area contributed by atoms with Crippen molar-refractivity contribution in [2.45, 2.75) is 19.6 Å². The smallest absolute Gasteiger partial charge is 0.308 e. The number of hydrogen-bond acceptors (Lipinski definition) is 4. The molecule has 0 bridgehead atoms. The molecule has 0 aromatic heterocycles. The number of azide groups is 1. The SMILES string of the molecule is CCOP(=O)(OCC)C(N=[N+]=[N-])c1ccc(Cl)cc1. The Bertz CT molecular complexity index is 492. The van der Waals surface area contributed by atoms with Gasteiger partial charge in [-0.15, -0.1) is 0 Å². The van der Waals surface area contributed by atoms with Crippen LogP contribution in [0.25, 0.3) is 10.4 Å². The Labute approximate surface area is 116 Å². The standard InChI is InChI=1S/C11H15ClN3O3P/c1-3-17-19(16,18-4-2)11(14-15-13)9-5-7-10(12)8-6-9/h5-8,11H,3-4H2,1-2H3. The highest BCUT2D eigenvalue weighted by molar-refractivity contribution is 7.54. The first kappa shape index (κ1) is 16.0. The van der Waals surface area contributed by atoms with Crippen LogP contribution in [0, 0.1) is 0 Å². The summed E-state index contributed by atoms with van der Waals surface area (Å²) in [5.41, 5.74) is 9.19. The first-order valence-corrected chi connectivity index (χ1v) is 7.74. The molecule has 0 spiro atoms. The van der Waals surface area contributed by atoms with Crippen molar-refractivity contribution in [2.75, 3.05) is 13.2 Å². The average molecular weight is 304 g/mol. The maximum Gasteiger partial charge on any atom is 0.344 e. The number of halogens is 1. The molecule has 1 aromatic rings. The summed E-state index contributed by atoms with van der Waals surface area (Å²) in [4.78, 5) is 2.73. The lowest BCUT2D eigenvalue weighted by Gasteiger charge is -2.23. The van der Waals surface area contributed by atoms with Gasteiger partial charge in [0.1, 0.15) is 0 Å². The summed E-state index contributed by atoms with van der Waals surface area (Å²) in [5, 5.41) is 4.09. The van der Waals surface area contributed by atoms with Gasteiger partial charge in [0.25, 0.3) is 0 Å². The molecule has 0 radical (unpaired) electrons. The van der Waals surface area contributed by atoms with Crippen LogP contribution in [0.5, 0.6) is 0 Å². The van der Waals surface area contributed by atoms with Gasteiger partial charge in [-0.3, -0.25) is 4.57 Å². The van der Waals surface area contributed by atoms with E-state index in [0.717, 1.165) is 0 Å². The first-order valence-electron chi connectivity index (χ1n) is 5.75. The average Bonchev–Trinajstić information content (AvgIpc) is 2.38. The van der Waals surface area contributed by atoms with Gasteiger partial charge in [-0.25, -0.2) is 0 Å². The molecule has 1 rings (SSSR count). The van der Waals surface area contributed by atoms with E-state index in [1.165, 1.54) is 0 Å². The third-order valence-electron chi connectivity index (χ3n) is 2.25. The van der Waals surface area contributed by atoms with Crippen LogP contribution in [-0.4, -0.2) is 13.2 Å². The van der Waals surface area contributed by atoms with Crippen molar-refractivity contribution in [3.8, 4) is 0 Å². The van der Waals surface area contributed by atoms with Gasteiger partial charge in [-0.2, -0.15) is 0 Å². The number of benzene rings is 1. The fraction of sp³-hybridized carbons (Fsp3) is 0.455. The minimum absolute atomic E-state index is 0.197. The predicted octanol–water partition coefficient (Wildman–Crippen LogP) is 4.92. The van der Waals surface area contributed by atoms with Gasteiger partial charge in [0.2, 0.25) is 0 Å². The lowest BCUT2D eigenvalue weighted by Crippen LogP contribution is -2.04. The van der Waals surface area contributed by atoms with Crippen LogP contribution in [0.2, 0.25) is 5.02 Å². The van der Waals surface area contributed by atoms with Gasteiger partial charge in [-0.1, -0.05) is 28.8 Å². The Morgan fingerprint density at radius 3 is 2.26 bits per heavy atom. The van der Waals surface area contributed by atoms with Crippen LogP contribution < -0.4 is 0 Å². The van der Waals surface area contributed by atoms with E-state index in [1.807, 2.05) is 0 Å². The van der Waals surface area contributed by atoms with Crippen LogP contribution in [0.1, 0.15) is 25.2 Å². The van der Waals surface area contributed by atoms with Gasteiger partial charge in [0.05, 0.1) is 13.2 Å². The molecule has 1 unspecified atom stereocenters. The van der Waals surface area contributed by atoms with Gasteiger partial charge < -0.3 is 9.05 Å². The molecule has 8 heteroatoms. The van der Waals surface area contributed by atoms with Crippen LogP contribution in [-0.2, 0) is 13.6 Å². The maximum atomic E-state index is 12.6. The molecule has 0 saturated heterocycles. The van der Waals surface area contributed by atoms with Crippen molar-refractivity contribution in [1.82, 2.24) is 0 Å². The fourth-order valence-corrected chi connectivity index (χ4v) is 3.45. The zero-order valence-electron chi connectivity index (χ0n) is 10.7. The minimum Gasteiger partial charge on any atom is -0.308 e. The molecule has 0 aliphatic heterocycles. The lowest BCUT2D eigenvalue weighted by molar-refractivity contribution is 0.212. The van der Waals surface area contributed by atoms with Crippen molar-refractivity contribution in [3.63, 3.8) is 0 Å². The van der Waals surface area contributed by atoms with Crippen molar-refractivity contribution >= 4 is 19.2 Å².